The Morgan fingerprint density at radius 1 is 1.38 bits per heavy atom. The summed E-state index contributed by atoms with van der Waals surface area (Å²) in [5.41, 5.74) is 1.20. The lowest BCUT2D eigenvalue weighted by atomic mass is 10.3. The number of nitrogens with zero attached hydrogens (tertiary/aromatic N) is 1. The maximum atomic E-state index is 5.12. The van der Waals surface area contributed by atoms with Gasteiger partial charge in [0.2, 0.25) is 0 Å². The molecule has 0 spiro atoms. The van der Waals surface area contributed by atoms with Gasteiger partial charge in [0.25, 0.3) is 0 Å². The quantitative estimate of drug-likeness (QED) is 0.561. The summed E-state index contributed by atoms with van der Waals surface area (Å²) >= 11 is 0. The lowest BCUT2D eigenvalue weighted by molar-refractivity contribution is 0.415. The molecule has 0 atom stereocenters. The number of hydrogen-bond donors (Lipinski definition) is 1. The van der Waals surface area contributed by atoms with E-state index in [1.807, 2.05) is 18.2 Å². The van der Waals surface area contributed by atoms with Gasteiger partial charge >= 0.3 is 0 Å². The zero-order chi connectivity index (χ0) is 11.8. The normalized spacial score (nSPS) is 9.88. The molecule has 0 radical (unpaired) electrons. The van der Waals surface area contributed by atoms with Crippen LogP contribution in [0.2, 0.25) is 0 Å². The summed E-state index contributed by atoms with van der Waals surface area (Å²) in [7, 11) is 3.76. The second-order valence-electron chi connectivity index (χ2n) is 3.61. The summed E-state index contributed by atoms with van der Waals surface area (Å²) in [6.45, 7) is 6.45. The summed E-state index contributed by atoms with van der Waals surface area (Å²) < 4.78 is 5.12. The standard InChI is InChI=1S/C13H20N2O/c1-4-9-14-10-11-15(2)12-5-7-13(16-3)8-6-12/h4-8,14H,1,9-11H2,2-3H3. The van der Waals surface area contributed by atoms with Gasteiger partial charge in [0, 0.05) is 32.4 Å². The summed E-state index contributed by atoms with van der Waals surface area (Å²) in [5.74, 6) is 0.891. The van der Waals surface area contributed by atoms with E-state index in [-0.39, 0.29) is 0 Å². The molecule has 0 heterocycles. The van der Waals surface area contributed by atoms with Crippen molar-refractivity contribution in [3.8, 4) is 5.75 Å². The maximum absolute atomic E-state index is 5.12. The van der Waals surface area contributed by atoms with Crippen LogP contribution in [0.4, 0.5) is 5.69 Å². The minimum atomic E-state index is 0.858. The van der Waals surface area contributed by atoms with Crippen LogP contribution in [0.1, 0.15) is 0 Å². The molecule has 16 heavy (non-hydrogen) atoms. The van der Waals surface area contributed by atoms with Gasteiger partial charge in [-0.2, -0.15) is 0 Å². The van der Waals surface area contributed by atoms with E-state index in [0.29, 0.717) is 0 Å². The highest BCUT2D eigenvalue weighted by Crippen LogP contribution is 2.17. The molecule has 0 aliphatic carbocycles. The molecule has 1 N–H and O–H groups in total. The third-order valence-electron chi connectivity index (χ3n) is 2.43. The average molecular weight is 220 g/mol. The van der Waals surface area contributed by atoms with Gasteiger partial charge in [-0.15, -0.1) is 6.58 Å². The van der Waals surface area contributed by atoms with Crippen molar-refractivity contribution in [2.45, 2.75) is 0 Å². The van der Waals surface area contributed by atoms with Crippen LogP contribution < -0.4 is 15.0 Å². The van der Waals surface area contributed by atoms with Crippen LogP contribution in [0.3, 0.4) is 0 Å². The molecule has 1 rings (SSSR count). The molecule has 1 aromatic rings. The lowest BCUT2D eigenvalue weighted by Crippen LogP contribution is -2.29. The molecular formula is C13H20N2O. The molecule has 0 amide bonds. The molecule has 3 heteroatoms. The molecular weight excluding hydrogens is 200 g/mol. The minimum absolute atomic E-state index is 0.858. The van der Waals surface area contributed by atoms with Gasteiger partial charge in [0.15, 0.2) is 0 Å². The van der Waals surface area contributed by atoms with Gasteiger partial charge in [-0.25, -0.2) is 0 Å². The molecule has 0 unspecified atom stereocenters. The molecule has 0 saturated carbocycles. The van der Waals surface area contributed by atoms with Crippen LogP contribution in [0.25, 0.3) is 0 Å². The first-order valence-corrected chi connectivity index (χ1v) is 5.44. The van der Waals surface area contributed by atoms with E-state index in [1.165, 1.54) is 5.69 Å². The minimum Gasteiger partial charge on any atom is -0.497 e. The maximum Gasteiger partial charge on any atom is 0.119 e. The van der Waals surface area contributed by atoms with E-state index < -0.39 is 0 Å². The monoisotopic (exact) mass is 220 g/mol. The van der Waals surface area contributed by atoms with Gasteiger partial charge in [-0.1, -0.05) is 6.08 Å². The molecule has 88 valence electrons. The van der Waals surface area contributed by atoms with E-state index in [9.17, 15) is 0 Å². The molecule has 0 fully saturated rings. The molecule has 3 nitrogen and oxygen atoms in total. The zero-order valence-electron chi connectivity index (χ0n) is 10.1. The Hall–Kier alpha value is -1.48. The topological polar surface area (TPSA) is 24.5 Å². The Bertz CT molecular complexity index is 308. The SMILES string of the molecule is C=CCNCCN(C)c1ccc(OC)cc1. The second-order valence-corrected chi connectivity index (χ2v) is 3.61. The summed E-state index contributed by atoms with van der Waals surface area (Å²) in [6.07, 6.45) is 1.87. The molecule has 1 aromatic carbocycles. The smallest absolute Gasteiger partial charge is 0.119 e. The highest BCUT2D eigenvalue weighted by Gasteiger charge is 1.99. The Morgan fingerprint density at radius 2 is 2.06 bits per heavy atom. The number of ether oxygens (including phenoxy) is 1. The molecule has 0 aromatic heterocycles. The number of anilines is 1. The third kappa shape index (κ3) is 3.95. The highest BCUT2D eigenvalue weighted by molar-refractivity contribution is 5.48. The average Bonchev–Trinajstić information content (AvgIpc) is 2.34. The first-order chi connectivity index (χ1) is 7.77. The molecule has 0 aliphatic heterocycles. The second kappa shape index (κ2) is 6.90. The van der Waals surface area contributed by atoms with Crippen molar-refractivity contribution in [3.05, 3.63) is 36.9 Å². The van der Waals surface area contributed by atoms with Gasteiger partial charge in [-0.3, -0.25) is 0 Å². The van der Waals surface area contributed by atoms with Crippen LogP contribution in [-0.4, -0.2) is 33.8 Å². The number of nitrogens with one attached hydrogen (secondary N) is 1. The Balaban J connectivity index is 2.39. The largest absolute Gasteiger partial charge is 0.497 e. The van der Waals surface area contributed by atoms with E-state index >= 15 is 0 Å². The zero-order valence-corrected chi connectivity index (χ0v) is 10.1. The van der Waals surface area contributed by atoms with Crippen molar-refractivity contribution in [2.75, 3.05) is 38.7 Å². The molecule has 0 aliphatic rings. The number of rotatable bonds is 7. The van der Waals surface area contributed by atoms with Crippen molar-refractivity contribution >= 4 is 5.69 Å². The van der Waals surface area contributed by atoms with Crippen molar-refractivity contribution < 1.29 is 4.74 Å². The fourth-order valence-corrected chi connectivity index (χ4v) is 1.42. The van der Waals surface area contributed by atoms with Crippen molar-refractivity contribution in [3.63, 3.8) is 0 Å². The number of benzene rings is 1. The van der Waals surface area contributed by atoms with Crippen LogP contribution in [0.5, 0.6) is 5.75 Å². The Morgan fingerprint density at radius 3 is 2.62 bits per heavy atom. The summed E-state index contributed by atoms with van der Waals surface area (Å²) in [5, 5.41) is 3.27. The van der Waals surface area contributed by atoms with Crippen LogP contribution in [0, 0.1) is 0 Å². The number of likely N-dealkylation sites (N-methyl/N-ethyl adjacent to an activating group) is 1. The van der Waals surface area contributed by atoms with Crippen LogP contribution in [-0.2, 0) is 0 Å². The number of methoxy groups -OCH3 is 1. The third-order valence-corrected chi connectivity index (χ3v) is 2.43. The first-order valence-electron chi connectivity index (χ1n) is 5.44. The Kier molecular flexibility index (Phi) is 5.43. The van der Waals surface area contributed by atoms with Gasteiger partial charge in [0.1, 0.15) is 5.75 Å². The fourth-order valence-electron chi connectivity index (χ4n) is 1.42. The fraction of sp³-hybridized carbons (Fsp3) is 0.385. The van der Waals surface area contributed by atoms with E-state index in [2.05, 4.69) is 36.0 Å². The van der Waals surface area contributed by atoms with E-state index in [1.54, 1.807) is 7.11 Å². The van der Waals surface area contributed by atoms with Crippen LogP contribution >= 0.6 is 0 Å². The van der Waals surface area contributed by atoms with E-state index in [4.69, 9.17) is 4.74 Å². The van der Waals surface area contributed by atoms with E-state index in [0.717, 1.165) is 25.4 Å². The Labute approximate surface area is 97.7 Å². The van der Waals surface area contributed by atoms with Crippen molar-refractivity contribution in [1.29, 1.82) is 0 Å². The lowest BCUT2D eigenvalue weighted by Gasteiger charge is -2.19. The van der Waals surface area contributed by atoms with Crippen molar-refractivity contribution in [1.82, 2.24) is 5.32 Å². The van der Waals surface area contributed by atoms with Gasteiger partial charge in [-0.05, 0) is 24.3 Å². The first kappa shape index (κ1) is 12.6. The summed E-state index contributed by atoms with van der Waals surface area (Å²) in [4.78, 5) is 2.20. The highest BCUT2D eigenvalue weighted by atomic mass is 16.5. The molecule has 0 saturated heterocycles. The molecule has 0 bridgehead atoms. The van der Waals surface area contributed by atoms with Crippen molar-refractivity contribution in [2.24, 2.45) is 0 Å². The predicted octanol–water partition coefficient (Wildman–Crippen LogP) is 1.91. The van der Waals surface area contributed by atoms with Crippen LogP contribution in [0.15, 0.2) is 36.9 Å². The summed E-state index contributed by atoms with van der Waals surface area (Å²) in [6, 6.07) is 8.07. The van der Waals surface area contributed by atoms with Gasteiger partial charge < -0.3 is 15.0 Å². The predicted molar refractivity (Wildman–Crippen MR) is 69.3 cm³/mol. The number of hydrogen-bond acceptors (Lipinski definition) is 3. The van der Waals surface area contributed by atoms with Gasteiger partial charge in [0.05, 0.1) is 7.11 Å².